The monoisotopic (exact) mass is 280 g/mol. The molecule has 0 spiro atoms. The maximum atomic E-state index is 6.17. The quantitative estimate of drug-likeness (QED) is 0.779. The summed E-state index contributed by atoms with van der Waals surface area (Å²) in [6.07, 6.45) is 3.95. The summed E-state index contributed by atoms with van der Waals surface area (Å²) in [5.41, 5.74) is 1.01. The van der Waals surface area contributed by atoms with E-state index in [2.05, 4.69) is 19.8 Å². The number of anilines is 1. The van der Waals surface area contributed by atoms with Gasteiger partial charge in [0.1, 0.15) is 16.8 Å². The summed E-state index contributed by atoms with van der Waals surface area (Å²) in [7, 11) is 0. The predicted octanol–water partition coefficient (Wildman–Crippen LogP) is 2.42. The van der Waals surface area contributed by atoms with E-state index in [9.17, 15) is 0 Å². The van der Waals surface area contributed by atoms with Crippen molar-refractivity contribution in [3.8, 4) is 0 Å². The van der Waals surface area contributed by atoms with Crippen molar-refractivity contribution in [2.45, 2.75) is 39.2 Å². The van der Waals surface area contributed by atoms with E-state index in [1.165, 1.54) is 32.4 Å². The fourth-order valence-corrected chi connectivity index (χ4v) is 3.43. The molecule has 1 unspecified atom stereocenters. The van der Waals surface area contributed by atoms with Crippen molar-refractivity contribution in [3.05, 3.63) is 16.5 Å². The molecule has 2 aliphatic heterocycles. The number of likely N-dealkylation sites (tertiary alicyclic amines) is 1. The van der Waals surface area contributed by atoms with Gasteiger partial charge in [-0.05, 0) is 46.2 Å². The molecule has 5 heteroatoms. The van der Waals surface area contributed by atoms with Gasteiger partial charge in [-0.3, -0.25) is 4.90 Å². The molecule has 0 radical (unpaired) electrons. The van der Waals surface area contributed by atoms with Gasteiger partial charge in [-0.25, -0.2) is 9.97 Å². The minimum atomic E-state index is 0.590. The fourth-order valence-electron chi connectivity index (χ4n) is 3.23. The molecule has 0 N–H and O–H groups in total. The molecule has 2 saturated heterocycles. The number of hydrogen-bond acceptors (Lipinski definition) is 4. The molecular weight excluding hydrogens is 260 g/mol. The lowest BCUT2D eigenvalue weighted by atomic mass is 10.2. The SMILES string of the molecule is Cc1nc(Cl)c(C)c(N2CCC(N3CCCC3)C2)n1. The molecule has 2 aliphatic rings. The molecule has 0 saturated carbocycles. The van der Waals surface area contributed by atoms with E-state index in [-0.39, 0.29) is 0 Å². The van der Waals surface area contributed by atoms with E-state index in [0.717, 1.165) is 30.3 Å². The maximum absolute atomic E-state index is 6.17. The highest BCUT2D eigenvalue weighted by Crippen LogP contribution is 2.28. The molecule has 0 bridgehead atoms. The van der Waals surface area contributed by atoms with Crippen molar-refractivity contribution < 1.29 is 0 Å². The van der Waals surface area contributed by atoms with Crippen LogP contribution in [0.4, 0.5) is 5.82 Å². The molecule has 0 aliphatic carbocycles. The minimum Gasteiger partial charge on any atom is -0.355 e. The zero-order valence-corrected chi connectivity index (χ0v) is 12.4. The van der Waals surface area contributed by atoms with Gasteiger partial charge in [0.05, 0.1) is 0 Å². The van der Waals surface area contributed by atoms with Crippen molar-refractivity contribution in [2.24, 2.45) is 0 Å². The van der Waals surface area contributed by atoms with Crippen molar-refractivity contribution in [2.75, 3.05) is 31.1 Å². The van der Waals surface area contributed by atoms with Crippen LogP contribution < -0.4 is 4.90 Å². The molecule has 1 atom stereocenters. The van der Waals surface area contributed by atoms with E-state index in [0.29, 0.717) is 11.2 Å². The third-order valence-electron chi connectivity index (χ3n) is 4.29. The first-order valence-electron chi connectivity index (χ1n) is 7.15. The van der Waals surface area contributed by atoms with E-state index in [1.807, 2.05) is 13.8 Å². The maximum Gasteiger partial charge on any atom is 0.137 e. The topological polar surface area (TPSA) is 32.3 Å². The van der Waals surface area contributed by atoms with Gasteiger partial charge in [0, 0.05) is 24.7 Å². The van der Waals surface area contributed by atoms with Crippen LogP contribution in [0.15, 0.2) is 0 Å². The van der Waals surface area contributed by atoms with Crippen molar-refractivity contribution in [1.29, 1.82) is 0 Å². The Morgan fingerprint density at radius 1 is 1.11 bits per heavy atom. The molecule has 1 aromatic heterocycles. The third-order valence-corrected chi connectivity index (χ3v) is 4.66. The van der Waals surface area contributed by atoms with E-state index < -0.39 is 0 Å². The molecule has 1 aromatic rings. The number of hydrogen-bond donors (Lipinski definition) is 0. The first-order valence-corrected chi connectivity index (χ1v) is 7.52. The van der Waals surface area contributed by atoms with Gasteiger partial charge < -0.3 is 4.90 Å². The summed E-state index contributed by atoms with van der Waals surface area (Å²) in [6, 6.07) is 0.691. The summed E-state index contributed by atoms with van der Waals surface area (Å²) >= 11 is 6.17. The molecule has 0 aromatic carbocycles. The molecule has 0 amide bonds. The van der Waals surface area contributed by atoms with Crippen LogP contribution in [0.25, 0.3) is 0 Å². The van der Waals surface area contributed by atoms with Crippen molar-refractivity contribution in [1.82, 2.24) is 14.9 Å². The Morgan fingerprint density at radius 2 is 1.84 bits per heavy atom. The average Bonchev–Trinajstić information content (AvgIpc) is 3.03. The van der Waals surface area contributed by atoms with Crippen LogP contribution in [0, 0.1) is 13.8 Å². The third kappa shape index (κ3) is 2.56. The molecule has 2 fully saturated rings. The Kier molecular flexibility index (Phi) is 3.63. The molecule has 3 heterocycles. The summed E-state index contributed by atoms with van der Waals surface area (Å²) in [5, 5.41) is 0.590. The van der Waals surface area contributed by atoms with Gasteiger partial charge >= 0.3 is 0 Å². The highest BCUT2D eigenvalue weighted by atomic mass is 35.5. The Balaban J connectivity index is 1.77. The standard InChI is InChI=1S/C14H21ClN4/c1-10-13(15)16-11(2)17-14(10)19-8-5-12(9-19)18-6-3-4-7-18/h12H,3-9H2,1-2H3. The fraction of sp³-hybridized carbons (Fsp3) is 0.714. The van der Waals surface area contributed by atoms with Crippen LogP contribution in [0.2, 0.25) is 5.15 Å². The van der Waals surface area contributed by atoms with E-state index in [1.54, 1.807) is 0 Å². The normalized spacial score (nSPS) is 24.4. The Labute approximate surface area is 119 Å². The number of nitrogens with zero attached hydrogens (tertiary/aromatic N) is 4. The van der Waals surface area contributed by atoms with Gasteiger partial charge in [-0.1, -0.05) is 11.6 Å². The van der Waals surface area contributed by atoms with Crippen LogP contribution in [0.3, 0.4) is 0 Å². The molecular formula is C14H21ClN4. The van der Waals surface area contributed by atoms with Crippen LogP contribution >= 0.6 is 11.6 Å². The summed E-state index contributed by atoms with van der Waals surface area (Å²) < 4.78 is 0. The second-order valence-electron chi connectivity index (χ2n) is 5.64. The van der Waals surface area contributed by atoms with E-state index >= 15 is 0 Å². The smallest absolute Gasteiger partial charge is 0.137 e. The lowest BCUT2D eigenvalue weighted by Gasteiger charge is -2.24. The van der Waals surface area contributed by atoms with Crippen LogP contribution in [-0.2, 0) is 0 Å². The lowest BCUT2D eigenvalue weighted by molar-refractivity contribution is 0.260. The summed E-state index contributed by atoms with van der Waals surface area (Å²) in [5.74, 6) is 1.79. The Morgan fingerprint density at radius 3 is 2.58 bits per heavy atom. The zero-order valence-electron chi connectivity index (χ0n) is 11.7. The number of rotatable bonds is 2. The first-order chi connectivity index (χ1) is 9.15. The highest BCUT2D eigenvalue weighted by Gasteiger charge is 2.30. The van der Waals surface area contributed by atoms with Gasteiger partial charge in [-0.15, -0.1) is 0 Å². The summed E-state index contributed by atoms with van der Waals surface area (Å²) in [4.78, 5) is 13.8. The van der Waals surface area contributed by atoms with Crippen LogP contribution in [0.5, 0.6) is 0 Å². The van der Waals surface area contributed by atoms with Crippen molar-refractivity contribution in [3.63, 3.8) is 0 Å². The van der Waals surface area contributed by atoms with Gasteiger partial charge in [0.2, 0.25) is 0 Å². The second-order valence-corrected chi connectivity index (χ2v) is 6.00. The molecule has 4 nitrogen and oxygen atoms in total. The zero-order chi connectivity index (χ0) is 13.4. The lowest BCUT2D eigenvalue weighted by Crippen LogP contribution is -2.35. The van der Waals surface area contributed by atoms with E-state index in [4.69, 9.17) is 11.6 Å². The summed E-state index contributed by atoms with van der Waals surface area (Å²) in [6.45, 7) is 8.60. The Bertz CT molecular complexity index is 471. The van der Waals surface area contributed by atoms with Gasteiger partial charge in [0.25, 0.3) is 0 Å². The highest BCUT2D eigenvalue weighted by molar-refractivity contribution is 6.30. The van der Waals surface area contributed by atoms with Gasteiger partial charge in [0.15, 0.2) is 0 Å². The number of halogens is 1. The van der Waals surface area contributed by atoms with Crippen LogP contribution in [-0.4, -0.2) is 47.1 Å². The van der Waals surface area contributed by atoms with Gasteiger partial charge in [-0.2, -0.15) is 0 Å². The van der Waals surface area contributed by atoms with Crippen LogP contribution in [0.1, 0.15) is 30.7 Å². The average molecular weight is 281 g/mol. The molecule has 19 heavy (non-hydrogen) atoms. The minimum absolute atomic E-state index is 0.590. The molecule has 104 valence electrons. The second kappa shape index (κ2) is 5.25. The largest absolute Gasteiger partial charge is 0.355 e. The molecule has 3 rings (SSSR count). The number of aromatic nitrogens is 2. The Hall–Kier alpha value is -0.870. The first kappa shape index (κ1) is 13.1. The predicted molar refractivity (Wildman–Crippen MR) is 77.9 cm³/mol. The number of aryl methyl sites for hydroxylation is 1. The van der Waals surface area contributed by atoms with Crippen molar-refractivity contribution >= 4 is 17.4 Å².